The number of carbonyl (C=O) groups is 2. The number of carbonyl (C=O) groups excluding carboxylic acids is 1. The normalized spacial score (nSPS) is 10.1. The number of nitrogens with zero attached hydrogens (tertiary/aromatic N) is 1. The molecule has 0 spiro atoms. The van der Waals surface area contributed by atoms with Gasteiger partial charge in [-0.2, -0.15) is 0 Å². The molecule has 0 atom stereocenters. The van der Waals surface area contributed by atoms with Crippen molar-refractivity contribution in [3.63, 3.8) is 0 Å². The number of hydrogen-bond donors (Lipinski definition) is 3. The molecule has 0 aliphatic heterocycles. The molecule has 0 radical (unpaired) electrons. The summed E-state index contributed by atoms with van der Waals surface area (Å²) in [7, 11) is 0. The molecule has 0 unspecified atom stereocenters. The van der Waals surface area contributed by atoms with Gasteiger partial charge in [-0.05, 0) is 24.3 Å². The van der Waals surface area contributed by atoms with Crippen LogP contribution in [0.1, 0.15) is 20.7 Å². The third-order valence-electron chi connectivity index (χ3n) is 2.50. The van der Waals surface area contributed by atoms with Crippen molar-refractivity contribution in [1.82, 2.24) is 4.98 Å². The Morgan fingerprint density at radius 3 is 2.55 bits per heavy atom. The van der Waals surface area contributed by atoms with Crippen LogP contribution in [0.25, 0.3) is 0 Å². The van der Waals surface area contributed by atoms with Crippen LogP contribution in [-0.4, -0.2) is 27.1 Å². The van der Waals surface area contributed by atoms with Crippen LogP contribution >= 0.6 is 11.6 Å². The lowest BCUT2D eigenvalue weighted by Gasteiger charge is -2.07. The van der Waals surface area contributed by atoms with E-state index in [4.69, 9.17) is 16.7 Å². The minimum atomic E-state index is -1.15. The molecule has 1 aromatic carbocycles. The van der Waals surface area contributed by atoms with Crippen molar-refractivity contribution in [1.29, 1.82) is 0 Å². The van der Waals surface area contributed by atoms with Gasteiger partial charge in [0.15, 0.2) is 0 Å². The number of aromatic nitrogens is 1. The van der Waals surface area contributed by atoms with Crippen LogP contribution in [0.3, 0.4) is 0 Å². The first-order chi connectivity index (χ1) is 9.49. The van der Waals surface area contributed by atoms with Crippen LogP contribution < -0.4 is 5.32 Å². The van der Waals surface area contributed by atoms with E-state index < -0.39 is 11.9 Å². The first kappa shape index (κ1) is 13.8. The minimum absolute atomic E-state index is 0.00857. The van der Waals surface area contributed by atoms with E-state index >= 15 is 0 Å². The second-order valence-electron chi connectivity index (χ2n) is 3.85. The number of hydrogen-bond acceptors (Lipinski definition) is 4. The van der Waals surface area contributed by atoms with Gasteiger partial charge in [0.05, 0.1) is 22.3 Å². The number of carboxylic acid groups (broad SMARTS) is 1. The highest BCUT2D eigenvalue weighted by Crippen LogP contribution is 2.22. The monoisotopic (exact) mass is 292 g/mol. The van der Waals surface area contributed by atoms with Crippen LogP contribution in [0.15, 0.2) is 36.7 Å². The third-order valence-corrected chi connectivity index (χ3v) is 2.81. The molecular formula is C13H9ClN2O4. The van der Waals surface area contributed by atoms with E-state index in [-0.39, 0.29) is 21.9 Å². The molecule has 3 N–H and O–H groups in total. The van der Waals surface area contributed by atoms with E-state index in [2.05, 4.69) is 10.3 Å². The summed E-state index contributed by atoms with van der Waals surface area (Å²) >= 11 is 5.79. The van der Waals surface area contributed by atoms with Gasteiger partial charge in [-0.15, -0.1) is 0 Å². The second kappa shape index (κ2) is 5.58. The van der Waals surface area contributed by atoms with E-state index in [1.165, 1.54) is 30.5 Å². The zero-order valence-electron chi connectivity index (χ0n) is 10.0. The number of amides is 1. The minimum Gasteiger partial charge on any atom is -0.505 e. The Morgan fingerprint density at radius 1 is 1.20 bits per heavy atom. The molecule has 0 saturated carbocycles. The average Bonchev–Trinajstić information content (AvgIpc) is 2.38. The summed E-state index contributed by atoms with van der Waals surface area (Å²) in [4.78, 5) is 26.4. The van der Waals surface area contributed by atoms with Gasteiger partial charge in [-0.25, -0.2) is 4.79 Å². The molecule has 2 rings (SSSR count). The Balaban J connectivity index is 2.23. The molecule has 0 saturated heterocycles. The van der Waals surface area contributed by atoms with Crippen molar-refractivity contribution < 1.29 is 19.8 Å². The van der Waals surface area contributed by atoms with Gasteiger partial charge in [0.1, 0.15) is 5.75 Å². The molecule has 7 heteroatoms. The van der Waals surface area contributed by atoms with Gasteiger partial charge in [-0.3, -0.25) is 9.78 Å². The first-order valence-corrected chi connectivity index (χ1v) is 5.84. The Morgan fingerprint density at radius 2 is 1.95 bits per heavy atom. The fourth-order valence-corrected chi connectivity index (χ4v) is 1.80. The smallest absolute Gasteiger partial charge is 0.337 e. The molecule has 0 fully saturated rings. The van der Waals surface area contributed by atoms with Crippen LogP contribution in [0.2, 0.25) is 5.02 Å². The zero-order chi connectivity index (χ0) is 14.7. The highest BCUT2D eigenvalue weighted by Gasteiger charge is 2.13. The lowest BCUT2D eigenvalue weighted by atomic mass is 10.2. The highest BCUT2D eigenvalue weighted by molar-refractivity contribution is 6.33. The standard InChI is InChI=1S/C13H9ClN2O4/c14-10-5-7(1-2-8(10)13(19)20)16-12(18)9-3-4-15-6-11(9)17/h1-6,17H,(H,16,18)(H,19,20). The number of nitrogens with one attached hydrogen (secondary N) is 1. The van der Waals surface area contributed by atoms with Crippen LogP contribution in [0.4, 0.5) is 5.69 Å². The number of rotatable bonds is 3. The zero-order valence-corrected chi connectivity index (χ0v) is 10.8. The number of halogens is 1. The van der Waals surface area contributed by atoms with Crippen LogP contribution in [-0.2, 0) is 0 Å². The second-order valence-corrected chi connectivity index (χ2v) is 4.25. The molecule has 102 valence electrons. The molecular weight excluding hydrogens is 284 g/mol. The predicted molar refractivity (Wildman–Crippen MR) is 72.3 cm³/mol. The van der Waals surface area contributed by atoms with Gasteiger partial charge in [0.25, 0.3) is 5.91 Å². The van der Waals surface area contributed by atoms with Crippen molar-refractivity contribution in [2.24, 2.45) is 0 Å². The summed E-state index contributed by atoms with van der Waals surface area (Å²) < 4.78 is 0. The molecule has 0 bridgehead atoms. The summed E-state index contributed by atoms with van der Waals surface area (Å²) in [5.41, 5.74) is 0.316. The molecule has 1 amide bonds. The summed E-state index contributed by atoms with van der Waals surface area (Å²) in [6.45, 7) is 0. The van der Waals surface area contributed by atoms with Crippen LogP contribution in [0, 0.1) is 0 Å². The van der Waals surface area contributed by atoms with Gasteiger partial charge in [-0.1, -0.05) is 11.6 Å². The summed E-state index contributed by atoms with van der Waals surface area (Å²) in [5.74, 6) is -1.96. The topological polar surface area (TPSA) is 99.5 Å². The van der Waals surface area contributed by atoms with Gasteiger partial charge in [0, 0.05) is 11.9 Å². The van der Waals surface area contributed by atoms with E-state index in [0.717, 1.165) is 6.20 Å². The molecule has 20 heavy (non-hydrogen) atoms. The number of aromatic carboxylic acids is 1. The highest BCUT2D eigenvalue weighted by atomic mass is 35.5. The van der Waals surface area contributed by atoms with Gasteiger partial charge >= 0.3 is 5.97 Å². The third kappa shape index (κ3) is 2.86. The Bertz CT molecular complexity index is 688. The van der Waals surface area contributed by atoms with Crippen molar-refractivity contribution in [2.45, 2.75) is 0 Å². The van der Waals surface area contributed by atoms with E-state index in [0.29, 0.717) is 5.69 Å². The van der Waals surface area contributed by atoms with E-state index in [1.54, 1.807) is 0 Å². The van der Waals surface area contributed by atoms with Crippen molar-refractivity contribution in [3.8, 4) is 5.75 Å². The first-order valence-electron chi connectivity index (χ1n) is 5.46. The maximum atomic E-state index is 11.9. The number of anilines is 1. The molecule has 2 aromatic rings. The lowest BCUT2D eigenvalue weighted by molar-refractivity contribution is 0.0697. The fourth-order valence-electron chi connectivity index (χ4n) is 1.54. The average molecular weight is 293 g/mol. The number of carboxylic acids is 1. The predicted octanol–water partition coefficient (Wildman–Crippen LogP) is 2.39. The Labute approximate surface area is 118 Å². The largest absolute Gasteiger partial charge is 0.505 e. The van der Waals surface area contributed by atoms with E-state index in [9.17, 15) is 14.7 Å². The van der Waals surface area contributed by atoms with Gasteiger partial charge < -0.3 is 15.5 Å². The SMILES string of the molecule is O=C(Nc1ccc(C(=O)O)c(Cl)c1)c1ccncc1O. The van der Waals surface area contributed by atoms with E-state index in [1.807, 2.05) is 0 Å². The quantitative estimate of drug-likeness (QED) is 0.806. The maximum Gasteiger partial charge on any atom is 0.337 e. The number of aromatic hydroxyl groups is 1. The Hall–Kier alpha value is -2.60. The molecule has 0 aliphatic carbocycles. The van der Waals surface area contributed by atoms with Crippen LogP contribution in [0.5, 0.6) is 5.75 Å². The molecule has 1 aromatic heterocycles. The molecule has 0 aliphatic rings. The lowest BCUT2D eigenvalue weighted by Crippen LogP contribution is -2.12. The number of benzene rings is 1. The van der Waals surface area contributed by atoms with Crippen molar-refractivity contribution in [2.75, 3.05) is 5.32 Å². The Kier molecular flexibility index (Phi) is 3.86. The molecule has 1 heterocycles. The summed E-state index contributed by atoms with van der Waals surface area (Å²) in [6, 6.07) is 5.37. The maximum absolute atomic E-state index is 11.9. The fraction of sp³-hybridized carbons (Fsp3) is 0. The molecule has 6 nitrogen and oxygen atoms in total. The van der Waals surface area contributed by atoms with Gasteiger partial charge in [0.2, 0.25) is 0 Å². The number of pyridine rings is 1. The summed E-state index contributed by atoms with van der Waals surface area (Å²) in [5, 5.41) is 20.9. The summed E-state index contributed by atoms with van der Waals surface area (Å²) in [6.07, 6.45) is 2.52. The van der Waals surface area contributed by atoms with Crippen molar-refractivity contribution >= 4 is 29.2 Å². The van der Waals surface area contributed by atoms with Crippen molar-refractivity contribution in [3.05, 3.63) is 52.8 Å².